The van der Waals surface area contributed by atoms with Gasteiger partial charge in [0, 0.05) is 11.1 Å². The molecule has 4 heteroatoms. The minimum Gasteiger partial charge on any atom is -0.328 e. The smallest absolute Gasteiger partial charge is 0.265 e. The van der Waals surface area contributed by atoms with Gasteiger partial charge in [-0.25, -0.2) is 0 Å². The number of thiophene rings is 1. The van der Waals surface area contributed by atoms with Crippen molar-refractivity contribution < 1.29 is 0 Å². The fourth-order valence-electron chi connectivity index (χ4n) is 1.10. The van der Waals surface area contributed by atoms with Crippen LogP contribution in [0.25, 0.3) is 10.1 Å². The summed E-state index contributed by atoms with van der Waals surface area (Å²) in [6.45, 7) is 0. The molecule has 0 atom stereocenters. The molecule has 0 aliphatic rings. The molecule has 2 heterocycles. The van der Waals surface area contributed by atoms with E-state index in [2.05, 4.69) is 4.98 Å². The number of hydrogen-bond donors (Lipinski definition) is 1. The highest BCUT2D eigenvalue weighted by molar-refractivity contribution is 7.19. The quantitative estimate of drug-likeness (QED) is 0.703. The lowest BCUT2D eigenvalue weighted by atomic mass is 10.3. The number of H-pyrrole nitrogens is 1. The molecule has 0 saturated carbocycles. The minimum absolute atomic E-state index is 0.0335. The Bertz CT molecular complexity index is 459. The van der Waals surface area contributed by atoms with Gasteiger partial charge in [0.2, 0.25) is 0 Å². The van der Waals surface area contributed by atoms with E-state index >= 15 is 0 Å². The molecule has 2 aromatic heterocycles. The SMILES string of the molecule is O=c1[nH]ccc2cc(CCl)sc12. The molecule has 0 radical (unpaired) electrons. The van der Waals surface area contributed by atoms with Crippen molar-refractivity contribution in [2.45, 2.75) is 5.88 Å². The van der Waals surface area contributed by atoms with Gasteiger partial charge in [-0.05, 0) is 17.5 Å². The summed E-state index contributed by atoms with van der Waals surface area (Å²) in [5, 5.41) is 0.972. The van der Waals surface area contributed by atoms with Crippen molar-refractivity contribution in [2.75, 3.05) is 0 Å². The summed E-state index contributed by atoms with van der Waals surface area (Å²) in [5.41, 5.74) is -0.0335. The lowest BCUT2D eigenvalue weighted by molar-refractivity contribution is 1.29. The van der Waals surface area contributed by atoms with Gasteiger partial charge in [-0.15, -0.1) is 22.9 Å². The maximum Gasteiger partial charge on any atom is 0.265 e. The van der Waals surface area contributed by atoms with Crippen molar-refractivity contribution in [3.8, 4) is 0 Å². The molecule has 2 nitrogen and oxygen atoms in total. The van der Waals surface area contributed by atoms with Crippen molar-refractivity contribution >= 4 is 33.0 Å². The normalized spacial score (nSPS) is 10.8. The minimum atomic E-state index is -0.0335. The number of aromatic nitrogens is 1. The summed E-state index contributed by atoms with van der Waals surface area (Å²) in [6.07, 6.45) is 1.65. The van der Waals surface area contributed by atoms with Gasteiger partial charge in [0.1, 0.15) is 0 Å². The van der Waals surface area contributed by atoms with Crippen LogP contribution in [0.2, 0.25) is 0 Å². The number of nitrogens with one attached hydrogen (secondary N) is 1. The van der Waals surface area contributed by atoms with Gasteiger partial charge in [0.25, 0.3) is 5.56 Å². The molecule has 0 aliphatic carbocycles. The van der Waals surface area contributed by atoms with E-state index in [0.29, 0.717) is 5.88 Å². The van der Waals surface area contributed by atoms with Crippen LogP contribution in [-0.4, -0.2) is 4.98 Å². The van der Waals surface area contributed by atoms with Gasteiger partial charge < -0.3 is 4.98 Å². The number of rotatable bonds is 1. The Labute approximate surface area is 77.8 Å². The molecule has 0 unspecified atom stereocenters. The maximum atomic E-state index is 11.2. The first-order valence-electron chi connectivity index (χ1n) is 3.47. The van der Waals surface area contributed by atoms with Crippen LogP contribution in [0.15, 0.2) is 23.1 Å². The highest BCUT2D eigenvalue weighted by atomic mass is 35.5. The predicted octanol–water partition coefficient (Wildman–Crippen LogP) is 2.33. The average molecular weight is 200 g/mol. The largest absolute Gasteiger partial charge is 0.328 e. The molecule has 1 N–H and O–H groups in total. The second-order valence-electron chi connectivity index (χ2n) is 2.44. The van der Waals surface area contributed by atoms with Crippen LogP contribution in [0, 0.1) is 0 Å². The highest BCUT2D eigenvalue weighted by Gasteiger charge is 2.02. The molecule has 2 aromatic rings. The number of fused-ring (bicyclic) bond motifs is 1. The fraction of sp³-hybridized carbons (Fsp3) is 0.125. The number of pyridine rings is 1. The van der Waals surface area contributed by atoms with Crippen LogP contribution in [0.4, 0.5) is 0 Å². The first kappa shape index (κ1) is 7.83. The first-order valence-corrected chi connectivity index (χ1v) is 4.82. The summed E-state index contributed by atoms with van der Waals surface area (Å²) >= 11 is 7.10. The van der Waals surface area contributed by atoms with Gasteiger partial charge in [-0.2, -0.15) is 0 Å². The second-order valence-corrected chi connectivity index (χ2v) is 3.84. The molecule has 12 heavy (non-hydrogen) atoms. The Morgan fingerprint density at radius 2 is 2.42 bits per heavy atom. The molecule has 0 fully saturated rings. The number of hydrogen-bond acceptors (Lipinski definition) is 2. The number of halogens is 1. The van der Waals surface area contributed by atoms with Gasteiger partial charge in [0.15, 0.2) is 0 Å². The van der Waals surface area contributed by atoms with Crippen LogP contribution in [0.3, 0.4) is 0 Å². The van der Waals surface area contributed by atoms with E-state index in [4.69, 9.17) is 11.6 Å². The third-order valence-corrected chi connectivity index (χ3v) is 3.22. The average Bonchev–Trinajstić information content (AvgIpc) is 2.49. The molecule has 0 amide bonds. The van der Waals surface area contributed by atoms with Crippen molar-refractivity contribution in [3.05, 3.63) is 33.6 Å². The molecule has 2 rings (SSSR count). The van der Waals surface area contributed by atoms with Gasteiger partial charge in [0.05, 0.1) is 10.6 Å². The molecule has 0 aromatic carbocycles. The van der Waals surface area contributed by atoms with Gasteiger partial charge >= 0.3 is 0 Å². The summed E-state index contributed by atoms with van der Waals surface area (Å²) in [7, 11) is 0. The lowest BCUT2D eigenvalue weighted by Gasteiger charge is -1.83. The zero-order chi connectivity index (χ0) is 8.55. The topological polar surface area (TPSA) is 32.9 Å². The molecule has 62 valence electrons. The highest BCUT2D eigenvalue weighted by Crippen LogP contribution is 2.22. The maximum absolute atomic E-state index is 11.2. The fourth-order valence-corrected chi connectivity index (χ4v) is 2.24. The summed E-state index contributed by atoms with van der Waals surface area (Å²) in [4.78, 5) is 14.9. The number of alkyl halides is 1. The predicted molar refractivity (Wildman–Crippen MR) is 52.0 cm³/mol. The molecule has 0 aliphatic heterocycles. The van der Waals surface area contributed by atoms with Crippen molar-refractivity contribution in [1.82, 2.24) is 4.98 Å². The van der Waals surface area contributed by atoms with E-state index in [1.165, 1.54) is 11.3 Å². The van der Waals surface area contributed by atoms with Crippen LogP contribution in [-0.2, 0) is 5.88 Å². The van der Waals surface area contributed by atoms with Crippen LogP contribution >= 0.6 is 22.9 Å². The van der Waals surface area contributed by atoms with E-state index in [9.17, 15) is 4.79 Å². The zero-order valence-corrected chi connectivity index (χ0v) is 7.71. The molecule has 0 bridgehead atoms. The lowest BCUT2D eigenvalue weighted by Crippen LogP contribution is -2.01. The third kappa shape index (κ3) is 1.15. The Morgan fingerprint density at radius 1 is 1.58 bits per heavy atom. The summed E-state index contributed by atoms with van der Waals surface area (Å²) < 4.78 is 0.758. The van der Waals surface area contributed by atoms with Crippen LogP contribution in [0.1, 0.15) is 4.88 Å². The van der Waals surface area contributed by atoms with E-state index in [0.717, 1.165) is 15.0 Å². The standard InChI is InChI=1S/C8H6ClNOS/c9-4-6-3-5-1-2-10-8(11)7(5)12-6/h1-3H,4H2,(H,10,11). The third-order valence-electron chi connectivity index (χ3n) is 1.63. The summed E-state index contributed by atoms with van der Waals surface area (Å²) in [6, 6.07) is 3.82. The van der Waals surface area contributed by atoms with E-state index in [1.54, 1.807) is 6.20 Å². The molecule has 0 saturated heterocycles. The molecule has 0 spiro atoms. The monoisotopic (exact) mass is 199 g/mol. The van der Waals surface area contributed by atoms with Crippen LogP contribution < -0.4 is 5.56 Å². The Morgan fingerprint density at radius 3 is 3.08 bits per heavy atom. The second kappa shape index (κ2) is 2.92. The van der Waals surface area contributed by atoms with Crippen molar-refractivity contribution in [1.29, 1.82) is 0 Å². The Kier molecular flexibility index (Phi) is 1.90. The van der Waals surface area contributed by atoms with Crippen molar-refractivity contribution in [2.24, 2.45) is 0 Å². The van der Waals surface area contributed by atoms with E-state index < -0.39 is 0 Å². The number of aromatic amines is 1. The molecular weight excluding hydrogens is 194 g/mol. The van der Waals surface area contributed by atoms with Gasteiger partial charge in [-0.3, -0.25) is 4.79 Å². The van der Waals surface area contributed by atoms with Crippen molar-refractivity contribution in [3.63, 3.8) is 0 Å². The van der Waals surface area contributed by atoms with E-state index in [1.807, 2.05) is 12.1 Å². The summed E-state index contributed by atoms with van der Waals surface area (Å²) in [5.74, 6) is 0.471. The molecular formula is C8H6ClNOS. The van der Waals surface area contributed by atoms with E-state index in [-0.39, 0.29) is 5.56 Å². The Hall–Kier alpha value is -0.800. The first-order chi connectivity index (χ1) is 5.81. The van der Waals surface area contributed by atoms with Gasteiger partial charge in [-0.1, -0.05) is 0 Å². The zero-order valence-electron chi connectivity index (χ0n) is 6.13. The Balaban J connectivity index is 2.83. The van der Waals surface area contributed by atoms with Crippen LogP contribution in [0.5, 0.6) is 0 Å².